The molecule has 2 aromatic carbocycles. The van der Waals surface area contributed by atoms with Crippen molar-refractivity contribution in [1.82, 2.24) is 0 Å². The van der Waals surface area contributed by atoms with Crippen LogP contribution < -0.4 is 11.1 Å². The molecule has 0 saturated heterocycles. The zero-order valence-corrected chi connectivity index (χ0v) is 13.7. The van der Waals surface area contributed by atoms with Crippen molar-refractivity contribution in [2.75, 3.05) is 17.7 Å². The summed E-state index contributed by atoms with van der Waals surface area (Å²) in [6.07, 6.45) is 0. The molecule has 0 spiro atoms. The van der Waals surface area contributed by atoms with Crippen molar-refractivity contribution < 1.29 is 9.53 Å². The van der Waals surface area contributed by atoms with Crippen LogP contribution in [0.4, 0.5) is 17.1 Å². The first-order valence-corrected chi connectivity index (χ1v) is 7.47. The molecule has 3 N–H and O–H groups in total. The number of hydrogen-bond acceptors (Lipinski definition) is 4. The van der Waals surface area contributed by atoms with Crippen molar-refractivity contribution in [2.45, 2.75) is 6.92 Å². The summed E-state index contributed by atoms with van der Waals surface area (Å²) in [4.78, 5) is 12.0. The highest BCUT2D eigenvalue weighted by molar-refractivity contribution is 9.10. The molecule has 0 saturated carbocycles. The summed E-state index contributed by atoms with van der Waals surface area (Å²) in [5.74, 6) is -0.426. The molecule has 0 fully saturated rings. The molecule has 0 aromatic heterocycles. The standard InChI is InChI=1S/C15H14BrClN2O2/c1-2-21-15(20)11-8-10(18)4-6-13(11)19-14-7-9(17)3-5-12(14)16/h3-8,19H,2,18H2,1H3. The number of carbonyl (C=O) groups excluding carboxylic acids is 1. The number of hydrogen-bond donors (Lipinski definition) is 2. The van der Waals surface area contributed by atoms with E-state index < -0.39 is 5.97 Å². The number of carbonyl (C=O) groups is 1. The van der Waals surface area contributed by atoms with Gasteiger partial charge < -0.3 is 15.8 Å². The van der Waals surface area contributed by atoms with Crippen molar-refractivity contribution in [1.29, 1.82) is 0 Å². The third-order valence-corrected chi connectivity index (χ3v) is 3.66. The molecule has 0 radical (unpaired) electrons. The summed E-state index contributed by atoms with van der Waals surface area (Å²) in [7, 11) is 0. The van der Waals surface area contributed by atoms with Gasteiger partial charge in [-0.2, -0.15) is 0 Å². The van der Waals surface area contributed by atoms with E-state index in [0.29, 0.717) is 28.6 Å². The summed E-state index contributed by atoms with van der Waals surface area (Å²) < 4.78 is 5.87. The predicted molar refractivity (Wildman–Crippen MR) is 89.2 cm³/mol. The largest absolute Gasteiger partial charge is 0.462 e. The highest BCUT2D eigenvalue weighted by Gasteiger charge is 2.14. The molecule has 0 heterocycles. The molecule has 110 valence electrons. The Morgan fingerprint density at radius 3 is 2.76 bits per heavy atom. The van der Waals surface area contributed by atoms with E-state index in [0.717, 1.165) is 10.2 Å². The van der Waals surface area contributed by atoms with Gasteiger partial charge in [0.2, 0.25) is 0 Å². The smallest absolute Gasteiger partial charge is 0.340 e. The molecule has 0 atom stereocenters. The minimum atomic E-state index is -0.426. The Balaban J connectivity index is 2.39. The van der Waals surface area contributed by atoms with Gasteiger partial charge in [-0.25, -0.2) is 4.79 Å². The molecule has 6 heteroatoms. The lowest BCUT2D eigenvalue weighted by Crippen LogP contribution is -2.08. The third kappa shape index (κ3) is 3.89. The van der Waals surface area contributed by atoms with Gasteiger partial charge in [0.15, 0.2) is 0 Å². The number of halogens is 2. The van der Waals surface area contributed by atoms with Crippen LogP contribution >= 0.6 is 27.5 Å². The zero-order chi connectivity index (χ0) is 15.4. The van der Waals surface area contributed by atoms with Gasteiger partial charge >= 0.3 is 5.97 Å². The summed E-state index contributed by atoms with van der Waals surface area (Å²) in [5, 5.41) is 3.75. The van der Waals surface area contributed by atoms with Gasteiger partial charge in [0.25, 0.3) is 0 Å². The molecule has 0 unspecified atom stereocenters. The fourth-order valence-electron chi connectivity index (χ4n) is 1.79. The van der Waals surface area contributed by atoms with Crippen LogP contribution in [0.1, 0.15) is 17.3 Å². The average molecular weight is 370 g/mol. The van der Waals surface area contributed by atoms with Crippen LogP contribution in [0.25, 0.3) is 0 Å². The Morgan fingerprint density at radius 2 is 2.05 bits per heavy atom. The van der Waals surface area contributed by atoms with Crippen molar-refractivity contribution in [2.24, 2.45) is 0 Å². The Hall–Kier alpha value is -1.72. The molecule has 2 rings (SSSR count). The number of benzene rings is 2. The van der Waals surface area contributed by atoms with Crippen molar-refractivity contribution in [3.63, 3.8) is 0 Å². The summed E-state index contributed by atoms with van der Waals surface area (Å²) >= 11 is 9.42. The molecule has 0 aliphatic rings. The van der Waals surface area contributed by atoms with E-state index in [4.69, 9.17) is 22.1 Å². The van der Waals surface area contributed by atoms with Gasteiger partial charge in [0.1, 0.15) is 0 Å². The third-order valence-electron chi connectivity index (χ3n) is 2.74. The maximum atomic E-state index is 12.0. The van der Waals surface area contributed by atoms with E-state index in [1.54, 1.807) is 37.3 Å². The molecule has 2 aromatic rings. The van der Waals surface area contributed by atoms with Crippen LogP contribution in [0.5, 0.6) is 0 Å². The zero-order valence-electron chi connectivity index (χ0n) is 11.3. The molecule has 0 amide bonds. The van der Waals surface area contributed by atoms with Crippen LogP contribution in [0.2, 0.25) is 5.02 Å². The van der Waals surface area contributed by atoms with E-state index in [9.17, 15) is 4.79 Å². The SMILES string of the molecule is CCOC(=O)c1cc(N)ccc1Nc1cc(Cl)ccc1Br. The lowest BCUT2D eigenvalue weighted by atomic mass is 10.1. The second-order valence-corrected chi connectivity index (χ2v) is 5.57. The second-order valence-electron chi connectivity index (χ2n) is 4.27. The van der Waals surface area contributed by atoms with Gasteiger partial charge in [0, 0.05) is 15.2 Å². The molecule has 4 nitrogen and oxygen atoms in total. The van der Waals surface area contributed by atoms with E-state index in [1.165, 1.54) is 0 Å². The van der Waals surface area contributed by atoms with Gasteiger partial charge in [-0.1, -0.05) is 11.6 Å². The first kappa shape index (κ1) is 15.7. The van der Waals surface area contributed by atoms with Gasteiger partial charge in [-0.15, -0.1) is 0 Å². The van der Waals surface area contributed by atoms with Crippen LogP contribution in [0.3, 0.4) is 0 Å². The highest BCUT2D eigenvalue weighted by Crippen LogP contribution is 2.31. The summed E-state index contributed by atoms with van der Waals surface area (Å²) in [6.45, 7) is 2.05. The first-order chi connectivity index (χ1) is 10.0. The maximum absolute atomic E-state index is 12.0. The molecule has 21 heavy (non-hydrogen) atoms. The molecular weight excluding hydrogens is 356 g/mol. The van der Waals surface area contributed by atoms with E-state index >= 15 is 0 Å². The fraction of sp³-hybridized carbons (Fsp3) is 0.133. The predicted octanol–water partition coefficient (Wildman–Crippen LogP) is 4.61. The van der Waals surface area contributed by atoms with Crippen LogP contribution in [0, 0.1) is 0 Å². The lowest BCUT2D eigenvalue weighted by Gasteiger charge is -2.13. The highest BCUT2D eigenvalue weighted by atomic mass is 79.9. The van der Waals surface area contributed by atoms with Crippen molar-refractivity contribution in [3.05, 3.63) is 51.5 Å². The second kappa shape index (κ2) is 6.83. The monoisotopic (exact) mass is 368 g/mol. The Morgan fingerprint density at radius 1 is 1.29 bits per heavy atom. The Kier molecular flexibility index (Phi) is 5.09. The van der Waals surface area contributed by atoms with E-state index in [1.807, 2.05) is 6.07 Å². The van der Waals surface area contributed by atoms with Gasteiger partial charge in [0.05, 0.1) is 23.5 Å². The topological polar surface area (TPSA) is 64.3 Å². The Labute approximate surface area is 136 Å². The summed E-state index contributed by atoms with van der Waals surface area (Å²) in [6, 6.07) is 10.4. The van der Waals surface area contributed by atoms with E-state index in [2.05, 4.69) is 21.2 Å². The number of rotatable bonds is 4. The first-order valence-electron chi connectivity index (χ1n) is 6.30. The van der Waals surface area contributed by atoms with Crippen LogP contribution in [-0.4, -0.2) is 12.6 Å². The minimum absolute atomic E-state index is 0.300. The van der Waals surface area contributed by atoms with Crippen LogP contribution in [0.15, 0.2) is 40.9 Å². The Bertz CT molecular complexity index is 677. The summed E-state index contributed by atoms with van der Waals surface area (Å²) in [5.41, 5.74) is 7.97. The number of ether oxygens (including phenoxy) is 1. The van der Waals surface area contributed by atoms with Crippen LogP contribution in [-0.2, 0) is 4.74 Å². The molecular formula is C15H14BrClN2O2. The number of esters is 1. The van der Waals surface area contributed by atoms with Crippen molar-refractivity contribution in [3.8, 4) is 0 Å². The molecule has 0 aliphatic heterocycles. The lowest BCUT2D eigenvalue weighted by molar-refractivity contribution is 0.0527. The normalized spacial score (nSPS) is 10.2. The van der Waals surface area contributed by atoms with Gasteiger partial charge in [-0.05, 0) is 59.3 Å². The molecule has 0 bridgehead atoms. The number of anilines is 3. The average Bonchev–Trinajstić information content (AvgIpc) is 2.45. The fourth-order valence-corrected chi connectivity index (χ4v) is 2.30. The number of nitrogens with two attached hydrogens (primary N) is 1. The van der Waals surface area contributed by atoms with Crippen molar-refractivity contribution >= 4 is 50.6 Å². The minimum Gasteiger partial charge on any atom is -0.462 e. The maximum Gasteiger partial charge on any atom is 0.340 e. The van der Waals surface area contributed by atoms with Gasteiger partial charge in [-0.3, -0.25) is 0 Å². The number of nitrogens with one attached hydrogen (secondary N) is 1. The number of nitrogen functional groups attached to an aromatic ring is 1. The molecule has 0 aliphatic carbocycles. The van der Waals surface area contributed by atoms with E-state index in [-0.39, 0.29) is 0 Å². The quantitative estimate of drug-likeness (QED) is 0.610.